The van der Waals surface area contributed by atoms with Gasteiger partial charge in [-0.3, -0.25) is 4.79 Å². The van der Waals surface area contributed by atoms with Gasteiger partial charge in [-0.25, -0.2) is 0 Å². The maximum absolute atomic E-state index is 11.8. The van der Waals surface area contributed by atoms with Crippen LogP contribution in [-0.2, 0) is 14.3 Å². The van der Waals surface area contributed by atoms with Crippen molar-refractivity contribution in [3.63, 3.8) is 0 Å². The van der Waals surface area contributed by atoms with Gasteiger partial charge < -0.3 is 14.8 Å². The molecule has 0 aromatic carbocycles. The third-order valence-corrected chi connectivity index (χ3v) is 4.17. The second kappa shape index (κ2) is 23.4. The average molecular weight is 418 g/mol. The number of hydrogen-bond acceptors (Lipinski definition) is 3. The maximum atomic E-state index is 11.8. The number of amides is 1. The number of carbonyl (C=O) groups excluding carboxylic acids is 1. The first-order chi connectivity index (χ1) is 14.8. The number of ether oxygens (including phenoxy) is 2. The second-order valence-electron chi connectivity index (χ2n) is 6.93. The lowest BCUT2D eigenvalue weighted by Gasteiger charge is -2.15. The number of nitrogens with one attached hydrogen (secondary N) is 1. The van der Waals surface area contributed by atoms with Gasteiger partial charge in [-0.2, -0.15) is 0 Å². The van der Waals surface area contributed by atoms with Crippen LogP contribution in [-0.4, -0.2) is 32.5 Å². The Bertz CT molecular complexity index is 532. The number of rotatable bonds is 19. The summed E-state index contributed by atoms with van der Waals surface area (Å²) in [4.78, 5) is 11.8. The molecule has 170 valence electrons. The summed E-state index contributed by atoms with van der Waals surface area (Å²) in [5.41, 5.74) is 0. The largest absolute Gasteiger partial charge is 0.352 e. The fourth-order valence-electron chi connectivity index (χ4n) is 2.51. The molecule has 0 saturated heterocycles. The summed E-state index contributed by atoms with van der Waals surface area (Å²) in [5, 5.41) is 2.78. The molecule has 0 aliphatic carbocycles. The van der Waals surface area contributed by atoms with Crippen molar-refractivity contribution in [1.82, 2.24) is 5.32 Å². The molecule has 0 bridgehead atoms. The Morgan fingerprint density at radius 2 is 1.33 bits per heavy atom. The molecule has 1 amide bonds. The molecule has 4 heteroatoms. The van der Waals surface area contributed by atoms with E-state index >= 15 is 0 Å². The molecule has 4 nitrogen and oxygen atoms in total. The van der Waals surface area contributed by atoms with Crippen LogP contribution in [0, 0.1) is 0 Å². The third-order valence-electron chi connectivity index (χ3n) is 4.17. The predicted molar refractivity (Wildman–Crippen MR) is 128 cm³/mol. The van der Waals surface area contributed by atoms with Crippen LogP contribution < -0.4 is 5.32 Å². The van der Waals surface area contributed by atoms with E-state index in [4.69, 9.17) is 9.47 Å². The number of unbranched alkanes of at least 4 members (excludes halogenated alkanes) is 2. The van der Waals surface area contributed by atoms with Crippen LogP contribution >= 0.6 is 0 Å². The van der Waals surface area contributed by atoms with Crippen LogP contribution in [0.1, 0.15) is 71.6 Å². The van der Waals surface area contributed by atoms with Crippen molar-refractivity contribution in [2.75, 3.05) is 20.3 Å². The first kappa shape index (κ1) is 28.1. The Kier molecular flexibility index (Phi) is 21.9. The maximum Gasteiger partial charge on any atom is 0.277 e. The molecule has 0 fully saturated rings. The number of allylic oxidation sites excluding steroid dienone is 10. The van der Waals surface area contributed by atoms with Crippen LogP contribution in [0.15, 0.2) is 60.8 Å². The van der Waals surface area contributed by atoms with Crippen LogP contribution in [0.25, 0.3) is 0 Å². The highest BCUT2D eigenvalue weighted by atomic mass is 16.7. The minimum Gasteiger partial charge on any atom is -0.352 e. The SMILES string of the molecule is CCC=CCC=CCC=CCC=CCC=CCCCCOC(OC)C(=O)NCCC. The van der Waals surface area contributed by atoms with E-state index in [0.29, 0.717) is 13.2 Å². The van der Waals surface area contributed by atoms with E-state index in [2.05, 4.69) is 73.0 Å². The first-order valence-corrected chi connectivity index (χ1v) is 11.4. The lowest BCUT2D eigenvalue weighted by molar-refractivity contribution is -0.165. The van der Waals surface area contributed by atoms with Crippen molar-refractivity contribution in [2.45, 2.75) is 77.9 Å². The van der Waals surface area contributed by atoms with Gasteiger partial charge in [0, 0.05) is 13.7 Å². The van der Waals surface area contributed by atoms with Gasteiger partial charge in [-0.15, -0.1) is 0 Å². The van der Waals surface area contributed by atoms with Gasteiger partial charge in [0.15, 0.2) is 0 Å². The van der Waals surface area contributed by atoms with Crippen LogP contribution in [0.3, 0.4) is 0 Å². The molecule has 0 aromatic rings. The molecular formula is C26H43NO3. The standard InChI is InChI=1S/C26H43NO3/c1-4-6-7-8-9-10-11-12-13-14-15-16-17-18-19-20-21-22-24-30-26(29-3)25(28)27-23-5-2/h6-7,9-10,12-13,15-16,18-19,26H,4-5,8,11,14,17,20-24H2,1-3H3,(H,27,28). The van der Waals surface area contributed by atoms with Crippen LogP contribution in [0.5, 0.6) is 0 Å². The lowest BCUT2D eigenvalue weighted by Crippen LogP contribution is -2.38. The summed E-state index contributed by atoms with van der Waals surface area (Å²) in [7, 11) is 1.49. The van der Waals surface area contributed by atoms with Crippen LogP contribution in [0.2, 0.25) is 0 Å². The van der Waals surface area contributed by atoms with E-state index in [1.54, 1.807) is 0 Å². The molecule has 0 aliphatic heterocycles. The zero-order valence-electron chi connectivity index (χ0n) is 19.4. The second-order valence-corrected chi connectivity index (χ2v) is 6.93. The Labute approximate surface area is 184 Å². The molecule has 1 unspecified atom stereocenters. The molecule has 30 heavy (non-hydrogen) atoms. The predicted octanol–water partition coefficient (Wildman–Crippen LogP) is 6.42. The normalized spacial score (nSPS) is 13.6. The Balaban J connectivity index is 3.60. The molecule has 1 N–H and O–H groups in total. The molecule has 0 spiro atoms. The Morgan fingerprint density at radius 3 is 1.83 bits per heavy atom. The van der Waals surface area contributed by atoms with Crippen molar-refractivity contribution in [1.29, 1.82) is 0 Å². The zero-order chi connectivity index (χ0) is 22.1. The van der Waals surface area contributed by atoms with Crippen molar-refractivity contribution in [3.05, 3.63) is 60.8 Å². The fourth-order valence-corrected chi connectivity index (χ4v) is 2.51. The highest BCUT2D eigenvalue weighted by Gasteiger charge is 2.16. The van der Waals surface area contributed by atoms with Gasteiger partial charge in [-0.1, -0.05) is 74.6 Å². The number of methoxy groups -OCH3 is 1. The molecule has 0 heterocycles. The van der Waals surface area contributed by atoms with Gasteiger partial charge in [0.1, 0.15) is 0 Å². The first-order valence-electron chi connectivity index (χ1n) is 11.4. The van der Waals surface area contributed by atoms with E-state index in [-0.39, 0.29) is 5.91 Å². The van der Waals surface area contributed by atoms with Gasteiger partial charge in [0.25, 0.3) is 5.91 Å². The summed E-state index contributed by atoms with van der Waals surface area (Å²) < 4.78 is 10.6. The molecule has 0 aromatic heterocycles. The molecule has 1 atom stereocenters. The molecule has 0 aliphatic rings. The summed E-state index contributed by atoms with van der Waals surface area (Å²) in [6, 6.07) is 0. The Hall–Kier alpha value is -1.91. The van der Waals surface area contributed by atoms with Crippen LogP contribution in [0.4, 0.5) is 0 Å². The van der Waals surface area contributed by atoms with Crippen molar-refractivity contribution >= 4 is 5.91 Å². The zero-order valence-corrected chi connectivity index (χ0v) is 19.4. The summed E-state index contributed by atoms with van der Waals surface area (Å²) >= 11 is 0. The average Bonchev–Trinajstić information content (AvgIpc) is 2.76. The van der Waals surface area contributed by atoms with E-state index in [1.807, 2.05) is 6.92 Å². The minimum atomic E-state index is -0.801. The number of hydrogen-bond donors (Lipinski definition) is 1. The summed E-state index contributed by atoms with van der Waals surface area (Å²) in [5.74, 6) is -0.197. The Morgan fingerprint density at radius 1 is 0.800 bits per heavy atom. The van der Waals surface area contributed by atoms with E-state index in [1.165, 1.54) is 7.11 Å². The minimum absolute atomic E-state index is 0.197. The quantitative estimate of drug-likeness (QED) is 0.150. The molecular weight excluding hydrogens is 374 g/mol. The van der Waals surface area contributed by atoms with Gasteiger partial charge in [0.05, 0.1) is 6.61 Å². The van der Waals surface area contributed by atoms with E-state index in [0.717, 1.165) is 57.8 Å². The van der Waals surface area contributed by atoms with Gasteiger partial charge in [-0.05, 0) is 57.8 Å². The topological polar surface area (TPSA) is 47.6 Å². The highest BCUT2D eigenvalue weighted by molar-refractivity contribution is 5.79. The highest BCUT2D eigenvalue weighted by Crippen LogP contribution is 2.02. The number of carbonyl (C=O) groups is 1. The van der Waals surface area contributed by atoms with Crippen molar-refractivity contribution in [3.8, 4) is 0 Å². The lowest BCUT2D eigenvalue weighted by atomic mass is 10.2. The molecule has 0 rings (SSSR count). The van der Waals surface area contributed by atoms with Crippen molar-refractivity contribution < 1.29 is 14.3 Å². The smallest absolute Gasteiger partial charge is 0.277 e. The third kappa shape index (κ3) is 19.4. The summed E-state index contributed by atoms with van der Waals surface area (Å²) in [6.45, 7) is 5.34. The fraction of sp³-hybridized carbons (Fsp3) is 0.577. The molecule has 0 saturated carbocycles. The molecule has 0 radical (unpaired) electrons. The van der Waals surface area contributed by atoms with E-state index < -0.39 is 6.29 Å². The van der Waals surface area contributed by atoms with Crippen molar-refractivity contribution in [2.24, 2.45) is 0 Å². The summed E-state index contributed by atoms with van der Waals surface area (Å²) in [6.07, 6.45) is 30.2. The van der Waals surface area contributed by atoms with E-state index in [9.17, 15) is 4.79 Å². The van der Waals surface area contributed by atoms with Gasteiger partial charge in [0.2, 0.25) is 6.29 Å². The van der Waals surface area contributed by atoms with Gasteiger partial charge >= 0.3 is 0 Å². The monoisotopic (exact) mass is 417 g/mol.